The highest BCUT2D eigenvalue weighted by molar-refractivity contribution is 5.29. The van der Waals surface area contributed by atoms with Crippen LogP contribution >= 0.6 is 0 Å². The Kier molecular flexibility index (Phi) is 5.54. The molecular formula is C19H25NO. The molecule has 0 amide bonds. The molecule has 2 unspecified atom stereocenters. The molecule has 0 radical (unpaired) electrons. The Morgan fingerprint density at radius 1 is 1.00 bits per heavy atom. The van der Waals surface area contributed by atoms with E-state index < -0.39 is 5.54 Å². The first-order valence-electron chi connectivity index (χ1n) is 7.68. The lowest BCUT2D eigenvalue weighted by Crippen LogP contribution is -2.51. The fraction of sp³-hybridized carbons (Fsp3) is 0.368. The molecule has 0 spiro atoms. The van der Waals surface area contributed by atoms with Gasteiger partial charge < -0.3 is 10.4 Å². The fourth-order valence-electron chi connectivity index (χ4n) is 2.70. The van der Waals surface area contributed by atoms with E-state index in [-0.39, 0.29) is 6.61 Å². The SMILES string of the molecule is CCC(C)NC(CO)(Cc1ccccc1)c1ccccc1. The Hall–Kier alpha value is -1.64. The zero-order valence-corrected chi connectivity index (χ0v) is 12.9. The molecule has 0 aliphatic heterocycles. The van der Waals surface area contributed by atoms with Gasteiger partial charge in [0, 0.05) is 6.04 Å². The maximum atomic E-state index is 10.2. The zero-order valence-electron chi connectivity index (χ0n) is 12.9. The van der Waals surface area contributed by atoms with E-state index in [1.807, 2.05) is 36.4 Å². The molecule has 0 aliphatic rings. The van der Waals surface area contributed by atoms with E-state index in [0.29, 0.717) is 6.04 Å². The molecule has 2 aromatic rings. The van der Waals surface area contributed by atoms with Crippen LogP contribution in [0.4, 0.5) is 0 Å². The van der Waals surface area contributed by atoms with E-state index >= 15 is 0 Å². The summed E-state index contributed by atoms with van der Waals surface area (Å²) in [7, 11) is 0. The van der Waals surface area contributed by atoms with Crippen LogP contribution in [0.1, 0.15) is 31.4 Å². The fourth-order valence-corrected chi connectivity index (χ4v) is 2.70. The predicted molar refractivity (Wildman–Crippen MR) is 88.2 cm³/mol. The van der Waals surface area contributed by atoms with Gasteiger partial charge in [-0.15, -0.1) is 0 Å². The van der Waals surface area contributed by atoms with Crippen LogP contribution in [0.15, 0.2) is 60.7 Å². The summed E-state index contributed by atoms with van der Waals surface area (Å²) in [4.78, 5) is 0. The number of hydrogen-bond acceptors (Lipinski definition) is 2. The normalized spacial score (nSPS) is 15.4. The third-order valence-electron chi connectivity index (χ3n) is 4.08. The molecule has 2 nitrogen and oxygen atoms in total. The Morgan fingerprint density at radius 2 is 1.57 bits per heavy atom. The van der Waals surface area contributed by atoms with Crippen LogP contribution < -0.4 is 5.32 Å². The van der Waals surface area contributed by atoms with Crippen molar-refractivity contribution in [2.24, 2.45) is 0 Å². The predicted octanol–water partition coefficient (Wildman–Crippen LogP) is 3.51. The largest absolute Gasteiger partial charge is 0.394 e. The molecule has 2 aromatic carbocycles. The van der Waals surface area contributed by atoms with Crippen molar-refractivity contribution >= 4 is 0 Å². The summed E-state index contributed by atoms with van der Waals surface area (Å²) in [6.07, 6.45) is 1.81. The monoisotopic (exact) mass is 283 g/mol. The minimum absolute atomic E-state index is 0.0796. The minimum atomic E-state index is -0.432. The highest BCUT2D eigenvalue weighted by atomic mass is 16.3. The van der Waals surface area contributed by atoms with Gasteiger partial charge in [-0.3, -0.25) is 0 Å². The number of rotatable bonds is 7. The van der Waals surface area contributed by atoms with E-state index in [1.54, 1.807) is 0 Å². The molecule has 2 N–H and O–H groups in total. The number of nitrogens with one attached hydrogen (secondary N) is 1. The first kappa shape index (κ1) is 15.7. The second kappa shape index (κ2) is 7.39. The van der Waals surface area contributed by atoms with Crippen LogP contribution in [0, 0.1) is 0 Å². The van der Waals surface area contributed by atoms with E-state index in [4.69, 9.17) is 0 Å². The van der Waals surface area contributed by atoms with Crippen LogP contribution in [0.25, 0.3) is 0 Å². The van der Waals surface area contributed by atoms with Gasteiger partial charge in [0.05, 0.1) is 12.1 Å². The van der Waals surface area contributed by atoms with Crippen molar-refractivity contribution in [1.29, 1.82) is 0 Å². The molecule has 0 saturated carbocycles. The van der Waals surface area contributed by atoms with Crippen molar-refractivity contribution in [3.8, 4) is 0 Å². The third-order valence-corrected chi connectivity index (χ3v) is 4.08. The topological polar surface area (TPSA) is 32.3 Å². The lowest BCUT2D eigenvalue weighted by Gasteiger charge is -2.36. The van der Waals surface area contributed by atoms with Crippen molar-refractivity contribution < 1.29 is 5.11 Å². The maximum Gasteiger partial charge on any atom is 0.0711 e. The maximum absolute atomic E-state index is 10.2. The Bertz CT molecular complexity index is 526. The third kappa shape index (κ3) is 3.93. The van der Waals surface area contributed by atoms with Gasteiger partial charge in [0.1, 0.15) is 0 Å². The lowest BCUT2D eigenvalue weighted by molar-refractivity contribution is 0.146. The van der Waals surface area contributed by atoms with E-state index in [1.165, 1.54) is 5.56 Å². The molecule has 2 heteroatoms. The van der Waals surface area contributed by atoms with Crippen molar-refractivity contribution in [3.63, 3.8) is 0 Å². The number of aliphatic hydroxyl groups excluding tert-OH is 1. The number of aliphatic hydroxyl groups is 1. The quantitative estimate of drug-likeness (QED) is 0.815. The summed E-state index contributed by atoms with van der Waals surface area (Å²) in [6.45, 7) is 4.40. The molecule has 0 heterocycles. The molecule has 0 aliphatic carbocycles. The van der Waals surface area contributed by atoms with E-state index in [2.05, 4.69) is 43.4 Å². The highest BCUT2D eigenvalue weighted by Gasteiger charge is 2.32. The van der Waals surface area contributed by atoms with Gasteiger partial charge in [-0.2, -0.15) is 0 Å². The van der Waals surface area contributed by atoms with Crippen LogP contribution in [0.5, 0.6) is 0 Å². The highest BCUT2D eigenvalue weighted by Crippen LogP contribution is 2.26. The Labute approximate surface area is 127 Å². The smallest absolute Gasteiger partial charge is 0.0711 e. The summed E-state index contributed by atoms with van der Waals surface area (Å²) in [5.41, 5.74) is 1.93. The first-order valence-corrected chi connectivity index (χ1v) is 7.68. The Morgan fingerprint density at radius 3 is 2.10 bits per heavy atom. The van der Waals surface area contributed by atoms with Gasteiger partial charge in [0.2, 0.25) is 0 Å². The zero-order chi connectivity index (χ0) is 15.1. The molecule has 21 heavy (non-hydrogen) atoms. The van der Waals surface area contributed by atoms with Gasteiger partial charge in [0.15, 0.2) is 0 Å². The number of benzene rings is 2. The van der Waals surface area contributed by atoms with Crippen molar-refractivity contribution in [2.75, 3.05) is 6.61 Å². The first-order chi connectivity index (χ1) is 10.2. The van der Waals surface area contributed by atoms with Gasteiger partial charge in [-0.25, -0.2) is 0 Å². The molecule has 0 fully saturated rings. The summed E-state index contributed by atoms with van der Waals surface area (Å²) in [5.74, 6) is 0. The summed E-state index contributed by atoms with van der Waals surface area (Å²) in [5, 5.41) is 13.8. The molecule has 2 atom stereocenters. The number of hydrogen-bond donors (Lipinski definition) is 2. The summed E-state index contributed by atoms with van der Waals surface area (Å²) >= 11 is 0. The van der Waals surface area contributed by atoms with E-state index in [0.717, 1.165) is 18.4 Å². The van der Waals surface area contributed by atoms with Crippen LogP contribution in [0.3, 0.4) is 0 Å². The second-order valence-corrected chi connectivity index (χ2v) is 5.72. The van der Waals surface area contributed by atoms with Gasteiger partial charge in [-0.05, 0) is 30.9 Å². The summed E-state index contributed by atoms with van der Waals surface area (Å²) < 4.78 is 0. The van der Waals surface area contributed by atoms with E-state index in [9.17, 15) is 5.11 Å². The standard InChI is InChI=1S/C19H25NO/c1-3-16(2)20-19(15-21,18-12-8-5-9-13-18)14-17-10-6-4-7-11-17/h4-13,16,20-21H,3,14-15H2,1-2H3. The van der Waals surface area contributed by atoms with Crippen LogP contribution in [-0.4, -0.2) is 17.8 Å². The van der Waals surface area contributed by atoms with Crippen LogP contribution in [-0.2, 0) is 12.0 Å². The Balaban J connectivity index is 2.36. The van der Waals surface area contributed by atoms with Gasteiger partial charge in [0.25, 0.3) is 0 Å². The molecule has 0 saturated heterocycles. The van der Waals surface area contributed by atoms with Crippen molar-refractivity contribution in [1.82, 2.24) is 5.32 Å². The second-order valence-electron chi connectivity index (χ2n) is 5.72. The molecule has 0 bridgehead atoms. The molecule has 112 valence electrons. The minimum Gasteiger partial charge on any atom is -0.394 e. The van der Waals surface area contributed by atoms with Gasteiger partial charge >= 0.3 is 0 Å². The van der Waals surface area contributed by atoms with Crippen molar-refractivity contribution in [3.05, 3.63) is 71.8 Å². The molecular weight excluding hydrogens is 258 g/mol. The molecule has 2 rings (SSSR count). The average Bonchev–Trinajstić information content (AvgIpc) is 2.55. The van der Waals surface area contributed by atoms with Crippen LogP contribution in [0.2, 0.25) is 0 Å². The van der Waals surface area contributed by atoms with Crippen molar-refractivity contribution in [2.45, 2.75) is 38.3 Å². The average molecular weight is 283 g/mol. The molecule has 0 aromatic heterocycles. The summed E-state index contributed by atoms with van der Waals surface area (Å²) in [6, 6.07) is 21.0. The van der Waals surface area contributed by atoms with Gasteiger partial charge in [-0.1, -0.05) is 67.6 Å². The lowest BCUT2D eigenvalue weighted by atomic mass is 9.83.